The van der Waals surface area contributed by atoms with Crippen LogP contribution in [0.3, 0.4) is 0 Å². The van der Waals surface area contributed by atoms with E-state index in [9.17, 15) is 0 Å². The molecule has 40 valence electrons. The minimum Gasteiger partial charge on any atom is -0.396 e. The van der Waals surface area contributed by atoms with Crippen LogP contribution in [0.15, 0.2) is 0 Å². The molecular formula is C3H8BNOS. The molecule has 0 aromatic carbocycles. The Labute approximate surface area is 50.5 Å². The molecule has 0 saturated carbocycles. The summed E-state index contributed by atoms with van der Waals surface area (Å²) in [6, 6.07) is 0. The van der Waals surface area contributed by atoms with Crippen LogP contribution in [-0.4, -0.2) is 30.5 Å². The molecule has 0 aliphatic heterocycles. The molecule has 0 fully saturated rings. The van der Waals surface area contributed by atoms with Gasteiger partial charge in [-0.3, -0.25) is 0 Å². The topological polar surface area (TPSA) is 23.5 Å². The van der Waals surface area contributed by atoms with Crippen LogP contribution < -0.4 is 0 Å². The summed E-state index contributed by atoms with van der Waals surface area (Å²) < 4.78 is 1.25. The van der Waals surface area contributed by atoms with Crippen molar-refractivity contribution in [3.8, 4) is 0 Å². The minimum atomic E-state index is 0.175. The van der Waals surface area contributed by atoms with Gasteiger partial charge >= 0.3 is 0 Å². The zero-order valence-electron chi connectivity index (χ0n) is 4.04. The second-order valence-electron chi connectivity index (χ2n) is 1.24. The standard InChI is InChI=1S/C3H8BNOS/c4-5(7)2-1-3-6/h6-7H,1-3H2. The van der Waals surface area contributed by atoms with Gasteiger partial charge in [-0.25, -0.2) is 0 Å². The molecule has 0 unspecified atom stereocenters. The number of thiol groups is 1. The van der Waals surface area contributed by atoms with Crippen LogP contribution >= 0.6 is 12.8 Å². The zero-order chi connectivity index (χ0) is 5.70. The van der Waals surface area contributed by atoms with Crippen LogP contribution in [-0.2, 0) is 0 Å². The largest absolute Gasteiger partial charge is 0.396 e. The SMILES string of the molecule is [B]N(S)CCCO. The Morgan fingerprint density at radius 2 is 2.29 bits per heavy atom. The monoisotopic (exact) mass is 117 g/mol. The number of aliphatic hydroxyl groups excluding tert-OH is 1. The van der Waals surface area contributed by atoms with Gasteiger partial charge in [0.15, 0.2) is 7.98 Å². The lowest BCUT2D eigenvalue weighted by molar-refractivity contribution is 0.284. The molecule has 2 radical (unpaired) electrons. The summed E-state index contributed by atoms with van der Waals surface area (Å²) in [4.78, 5) is 0. The first-order valence-electron chi connectivity index (χ1n) is 2.09. The van der Waals surface area contributed by atoms with Crippen molar-refractivity contribution in [1.82, 2.24) is 4.22 Å². The first-order valence-corrected chi connectivity index (χ1v) is 2.49. The Hall–Kier alpha value is 0.335. The molecule has 0 atom stereocenters. The van der Waals surface area contributed by atoms with E-state index in [4.69, 9.17) is 13.1 Å². The molecule has 0 aliphatic carbocycles. The molecule has 0 heterocycles. The molecule has 0 bridgehead atoms. The van der Waals surface area contributed by atoms with Crippen LogP contribution in [0.25, 0.3) is 0 Å². The van der Waals surface area contributed by atoms with E-state index < -0.39 is 0 Å². The molecule has 7 heavy (non-hydrogen) atoms. The van der Waals surface area contributed by atoms with Crippen LogP contribution in [0, 0.1) is 0 Å². The van der Waals surface area contributed by atoms with E-state index in [1.165, 1.54) is 4.22 Å². The number of aliphatic hydroxyl groups is 1. The fourth-order valence-electron chi connectivity index (χ4n) is 0.233. The molecule has 0 aliphatic rings. The third-order valence-electron chi connectivity index (χ3n) is 0.545. The van der Waals surface area contributed by atoms with Gasteiger partial charge in [0.05, 0.1) is 0 Å². The minimum absolute atomic E-state index is 0.175. The van der Waals surface area contributed by atoms with Gasteiger partial charge in [-0.2, -0.15) is 0 Å². The van der Waals surface area contributed by atoms with Crippen molar-refractivity contribution in [2.45, 2.75) is 6.42 Å². The predicted octanol–water partition coefficient (Wildman–Crippen LogP) is -0.401. The molecule has 1 N–H and O–H groups in total. The van der Waals surface area contributed by atoms with Crippen LogP contribution in [0.2, 0.25) is 0 Å². The van der Waals surface area contributed by atoms with Crippen molar-refractivity contribution in [3.05, 3.63) is 0 Å². The van der Waals surface area contributed by atoms with E-state index in [2.05, 4.69) is 12.8 Å². The summed E-state index contributed by atoms with van der Waals surface area (Å²) in [6.45, 7) is 0.799. The maximum Gasteiger partial charge on any atom is 0.199 e. The zero-order valence-corrected chi connectivity index (χ0v) is 4.93. The summed E-state index contributed by atoms with van der Waals surface area (Å²) in [6.07, 6.45) is 0.681. The van der Waals surface area contributed by atoms with Crippen molar-refractivity contribution in [2.75, 3.05) is 13.2 Å². The third kappa shape index (κ3) is 6.33. The highest BCUT2D eigenvalue weighted by Crippen LogP contribution is 1.85. The van der Waals surface area contributed by atoms with Gasteiger partial charge in [0.25, 0.3) is 0 Å². The first-order chi connectivity index (χ1) is 3.27. The average molecular weight is 117 g/mol. The first kappa shape index (κ1) is 7.33. The second-order valence-corrected chi connectivity index (χ2v) is 1.75. The Kier molecular flexibility index (Phi) is 4.71. The predicted molar refractivity (Wildman–Crippen MR) is 33.1 cm³/mol. The second kappa shape index (κ2) is 4.49. The van der Waals surface area contributed by atoms with E-state index >= 15 is 0 Å². The van der Waals surface area contributed by atoms with E-state index in [-0.39, 0.29) is 6.61 Å². The summed E-state index contributed by atoms with van der Waals surface area (Å²) in [5.74, 6) is 0. The Morgan fingerprint density at radius 1 is 1.71 bits per heavy atom. The van der Waals surface area contributed by atoms with Gasteiger partial charge in [0.2, 0.25) is 0 Å². The highest BCUT2D eigenvalue weighted by atomic mass is 32.1. The van der Waals surface area contributed by atoms with Crippen LogP contribution in [0.5, 0.6) is 0 Å². The molecule has 0 rings (SSSR count). The Morgan fingerprint density at radius 3 is 2.43 bits per heavy atom. The van der Waals surface area contributed by atoms with Gasteiger partial charge in [0, 0.05) is 6.61 Å². The van der Waals surface area contributed by atoms with Crippen molar-refractivity contribution in [3.63, 3.8) is 0 Å². The summed E-state index contributed by atoms with van der Waals surface area (Å²) in [7, 11) is 5.06. The highest BCUT2D eigenvalue weighted by Gasteiger charge is 1.85. The number of rotatable bonds is 3. The van der Waals surface area contributed by atoms with Gasteiger partial charge in [-0.05, 0) is 13.0 Å². The molecule has 0 saturated heterocycles. The fraction of sp³-hybridized carbons (Fsp3) is 1.00. The number of hydrogen-bond donors (Lipinski definition) is 2. The molecule has 0 spiro atoms. The van der Waals surface area contributed by atoms with E-state index in [1.807, 2.05) is 0 Å². The van der Waals surface area contributed by atoms with Crippen LogP contribution in [0.1, 0.15) is 6.42 Å². The lowest BCUT2D eigenvalue weighted by Gasteiger charge is -2.04. The maximum absolute atomic E-state index is 8.20. The molecular weight excluding hydrogens is 109 g/mol. The third-order valence-corrected chi connectivity index (χ3v) is 0.745. The number of hydrogen-bond acceptors (Lipinski definition) is 3. The lowest BCUT2D eigenvalue weighted by Crippen LogP contribution is -2.09. The van der Waals surface area contributed by atoms with Gasteiger partial charge < -0.3 is 9.32 Å². The van der Waals surface area contributed by atoms with E-state index in [0.29, 0.717) is 13.0 Å². The Bertz CT molecular complexity index is 43.9. The summed E-state index contributed by atoms with van der Waals surface area (Å²) in [5.41, 5.74) is 0. The molecule has 0 amide bonds. The smallest absolute Gasteiger partial charge is 0.199 e. The average Bonchev–Trinajstić information content (AvgIpc) is 1.61. The van der Waals surface area contributed by atoms with Gasteiger partial charge in [-0.15, -0.1) is 12.8 Å². The highest BCUT2D eigenvalue weighted by molar-refractivity contribution is 7.78. The lowest BCUT2D eigenvalue weighted by atomic mass is 10.3. The van der Waals surface area contributed by atoms with Crippen LogP contribution in [0.4, 0.5) is 0 Å². The molecule has 0 aromatic heterocycles. The van der Waals surface area contributed by atoms with Gasteiger partial charge in [0.1, 0.15) is 0 Å². The van der Waals surface area contributed by atoms with Crippen molar-refractivity contribution in [2.24, 2.45) is 0 Å². The molecule has 2 nitrogen and oxygen atoms in total. The number of nitrogens with zero attached hydrogens (tertiary/aromatic N) is 1. The fourth-order valence-corrected chi connectivity index (χ4v) is 0.374. The maximum atomic E-state index is 8.20. The van der Waals surface area contributed by atoms with Crippen molar-refractivity contribution >= 4 is 20.8 Å². The normalized spacial score (nSPS) is 10.1. The summed E-state index contributed by atoms with van der Waals surface area (Å²) >= 11 is 3.73. The Balaban J connectivity index is 2.68. The quantitative estimate of drug-likeness (QED) is 0.388. The van der Waals surface area contributed by atoms with E-state index in [0.717, 1.165) is 0 Å². The van der Waals surface area contributed by atoms with Crippen molar-refractivity contribution in [1.29, 1.82) is 0 Å². The van der Waals surface area contributed by atoms with Crippen molar-refractivity contribution < 1.29 is 5.11 Å². The van der Waals surface area contributed by atoms with Gasteiger partial charge in [-0.1, -0.05) is 0 Å². The summed E-state index contributed by atoms with van der Waals surface area (Å²) in [5, 5.41) is 8.20. The molecule has 4 heteroatoms. The van der Waals surface area contributed by atoms with E-state index in [1.54, 1.807) is 0 Å². The molecule has 0 aromatic rings.